The minimum atomic E-state index is 0.578. The zero-order valence-electron chi connectivity index (χ0n) is 10.9. The van der Waals surface area contributed by atoms with Crippen molar-refractivity contribution in [2.45, 2.75) is 31.7 Å². The smallest absolute Gasteiger partial charge is 0.226 e. The van der Waals surface area contributed by atoms with Gasteiger partial charge in [0.2, 0.25) is 5.95 Å². The molecule has 4 heteroatoms. The molecule has 1 fully saturated rings. The lowest BCUT2D eigenvalue weighted by atomic mass is 10.0. The summed E-state index contributed by atoms with van der Waals surface area (Å²) in [4.78, 5) is 11.7. The molecule has 2 heterocycles. The fraction of sp³-hybridized carbons (Fsp3) is 0.467. The molecule has 1 unspecified atom stereocenters. The minimum absolute atomic E-state index is 0.578. The number of aromatic nitrogens is 2. The number of para-hydroxylation sites is 1. The SMILES string of the molecule is BrCCC1CCCCN1c1ncc2ccccc2n1. The zero-order chi connectivity index (χ0) is 13.1. The normalized spacial score (nSPS) is 19.8. The van der Waals surface area contributed by atoms with Gasteiger partial charge in [-0.15, -0.1) is 0 Å². The highest BCUT2D eigenvalue weighted by Gasteiger charge is 2.23. The van der Waals surface area contributed by atoms with Crippen LogP contribution in [0.3, 0.4) is 0 Å². The lowest BCUT2D eigenvalue weighted by Crippen LogP contribution is -2.40. The van der Waals surface area contributed by atoms with E-state index >= 15 is 0 Å². The second kappa shape index (κ2) is 5.87. The van der Waals surface area contributed by atoms with Crippen LogP contribution in [0.1, 0.15) is 25.7 Å². The highest BCUT2D eigenvalue weighted by molar-refractivity contribution is 9.09. The van der Waals surface area contributed by atoms with Crippen molar-refractivity contribution in [3.8, 4) is 0 Å². The molecular weight excluding hydrogens is 302 g/mol. The predicted octanol–water partition coefficient (Wildman–Crippen LogP) is 3.77. The molecule has 0 saturated carbocycles. The molecule has 1 aliphatic rings. The third-order valence-corrected chi connectivity index (χ3v) is 4.26. The van der Waals surface area contributed by atoms with E-state index in [1.807, 2.05) is 18.3 Å². The lowest BCUT2D eigenvalue weighted by Gasteiger charge is -2.35. The van der Waals surface area contributed by atoms with Gasteiger partial charge in [-0.2, -0.15) is 0 Å². The van der Waals surface area contributed by atoms with Crippen molar-refractivity contribution in [2.75, 3.05) is 16.8 Å². The number of alkyl halides is 1. The first-order valence-electron chi connectivity index (χ1n) is 6.93. The Hall–Kier alpha value is -1.16. The first-order valence-corrected chi connectivity index (χ1v) is 8.05. The molecule has 0 N–H and O–H groups in total. The quantitative estimate of drug-likeness (QED) is 0.806. The fourth-order valence-electron chi connectivity index (χ4n) is 2.79. The van der Waals surface area contributed by atoms with Crippen molar-refractivity contribution < 1.29 is 0 Å². The number of anilines is 1. The summed E-state index contributed by atoms with van der Waals surface area (Å²) in [6, 6.07) is 8.76. The molecule has 1 aromatic carbocycles. The van der Waals surface area contributed by atoms with Gasteiger partial charge in [-0.3, -0.25) is 0 Å². The van der Waals surface area contributed by atoms with Crippen LogP contribution in [0, 0.1) is 0 Å². The standard InChI is InChI=1S/C15H18BrN3/c16-9-8-13-6-3-4-10-19(13)15-17-11-12-5-1-2-7-14(12)18-15/h1-2,5,7,11,13H,3-4,6,8-10H2. The summed E-state index contributed by atoms with van der Waals surface area (Å²) in [5.41, 5.74) is 1.04. The third-order valence-electron chi connectivity index (χ3n) is 3.80. The summed E-state index contributed by atoms with van der Waals surface area (Å²) in [7, 11) is 0. The molecule has 100 valence electrons. The topological polar surface area (TPSA) is 29.0 Å². The minimum Gasteiger partial charge on any atom is -0.338 e. The van der Waals surface area contributed by atoms with E-state index in [1.54, 1.807) is 0 Å². The highest BCUT2D eigenvalue weighted by atomic mass is 79.9. The Bertz CT molecular complexity index is 556. The number of halogens is 1. The van der Waals surface area contributed by atoms with Gasteiger partial charge in [-0.05, 0) is 31.7 Å². The number of fused-ring (bicyclic) bond motifs is 1. The average molecular weight is 320 g/mol. The van der Waals surface area contributed by atoms with E-state index < -0.39 is 0 Å². The van der Waals surface area contributed by atoms with Crippen LogP contribution < -0.4 is 4.90 Å². The maximum atomic E-state index is 4.73. The first-order chi connectivity index (χ1) is 9.38. The van der Waals surface area contributed by atoms with Crippen LogP contribution in [0.2, 0.25) is 0 Å². The first kappa shape index (κ1) is 12.9. The Labute approximate surface area is 122 Å². The van der Waals surface area contributed by atoms with Crippen molar-refractivity contribution in [3.63, 3.8) is 0 Å². The van der Waals surface area contributed by atoms with Gasteiger partial charge in [0, 0.05) is 29.5 Å². The molecule has 1 aromatic heterocycles. The molecule has 19 heavy (non-hydrogen) atoms. The van der Waals surface area contributed by atoms with Crippen LogP contribution in [0.25, 0.3) is 10.9 Å². The molecule has 3 nitrogen and oxygen atoms in total. The van der Waals surface area contributed by atoms with Crippen LogP contribution in [0.15, 0.2) is 30.5 Å². The molecule has 1 aliphatic heterocycles. The largest absolute Gasteiger partial charge is 0.338 e. The molecule has 0 aliphatic carbocycles. The van der Waals surface area contributed by atoms with E-state index in [9.17, 15) is 0 Å². The molecule has 0 bridgehead atoms. The van der Waals surface area contributed by atoms with Crippen LogP contribution in [0.4, 0.5) is 5.95 Å². The molecule has 0 radical (unpaired) electrons. The van der Waals surface area contributed by atoms with Gasteiger partial charge in [0.05, 0.1) is 5.52 Å². The van der Waals surface area contributed by atoms with Crippen molar-refractivity contribution in [1.29, 1.82) is 0 Å². The van der Waals surface area contributed by atoms with Gasteiger partial charge >= 0.3 is 0 Å². The molecular formula is C15H18BrN3. The lowest BCUT2D eigenvalue weighted by molar-refractivity contribution is 0.446. The van der Waals surface area contributed by atoms with Gasteiger partial charge in [0.1, 0.15) is 0 Å². The van der Waals surface area contributed by atoms with Crippen molar-refractivity contribution in [3.05, 3.63) is 30.5 Å². The molecule has 0 amide bonds. The monoisotopic (exact) mass is 319 g/mol. The Balaban J connectivity index is 1.92. The van der Waals surface area contributed by atoms with Crippen molar-refractivity contribution in [1.82, 2.24) is 9.97 Å². The fourth-order valence-corrected chi connectivity index (χ4v) is 3.32. The highest BCUT2D eigenvalue weighted by Crippen LogP contribution is 2.25. The van der Waals surface area contributed by atoms with Crippen LogP contribution in [-0.4, -0.2) is 27.9 Å². The van der Waals surface area contributed by atoms with Crippen molar-refractivity contribution >= 4 is 32.8 Å². The summed E-state index contributed by atoms with van der Waals surface area (Å²) in [5.74, 6) is 0.893. The maximum Gasteiger partial charge on any atom is 0.226 e. The summed E-state index contributed by atoms with van der Waals surface area (Å²) in [5, 5.41) is 2.15. The Kier molecular flexibility index (Phi) is 3.97. The molecule has 1 atom stereocenters. The average Bonchev–Trinajstić information content (AvgIpc) is 2.48. The third kappa shape index (κ3) is 2.73. The molecule has 0 spiro atoms. The second-order valence-electron chi connectivity index (χ2n) is 5.05. The summed E-state index contributed by atoms with van der Waals surface area (Å²) < 4.78 is 0. The van der Waals surface area contributed by atoms with E-state index in [0.717, 1.165) is 35.1 Å². The van der Waals surface area contributed by atoms with Crippen LogP contribution in [-0.2, 0) is 0 Å². The number of nitrogens with zero attached hydrogens (tertiary/aromatic N) is 3. The Morgan fingerprint density at radius 2 is 2.16 bits per heavy atom. The van der Waals surface area contributed by atoms with E-state index in [1.165, 1.54) is 19.3 Å². The second-order valence-corrected chi connectivity index (χ2v) is 5.84. The maximum absolute atomic E-state index is 4.73. The number of hydrogen-bond donors (Lipinski definition) is 0. The van der Waals surface area contributed by atoms with Gasteiger partial charge in [-0.1, -0.05) is 34.1 Å². The predicted molar refractivity (Wildman–Crippen MR) is 82.9 cm³/mol. The summed E-state index contributed by atoms with van der Waals surface area (Å²) in [6.45, 7) is 1.08. The van der Waals surface area contributed by atoms with Crippen LogP contribution in [0.5, 0.6) is 0 Å². The van der Waals surface area contributed by atoms with Crippen molar-refractivity contribution in [2.24, 2.45) is 0 Å². The zero-order valence-corrected chi connectivity index (χ0v) is 12.5. The molecule has 3 rings (SSSR count). The number of benzene rings is 1. The summed E-state index contributed by atoms with van der Waals surface area (Å²) >= 11 is 3.56. The van der Waals surface area contributed by atoms with E-state index in [-0.39, 0.29) is 0 Å². The Morgan fingerprint density at radius 3 is 3.05 bits per heavy atom. The number of hydrogen-bond acceptors (Lipinski definition) is 3. The van der Waals surface area contributed by atoms with Gasteiger partial charge < -0.3 is 4.90 Å². The van der Waals surface area contributed by atoms with Gasteiger partial charge in [0.15, 0.2) is 0 Å². The van der Waals surface area contributed by atoms with E-state index in [2.05, 4.69) is 37.9 Å². The van der Waals surface area contributed by atoms with Crippen LogP contribution >= 0.6 is 15.9 Å². The number of rotatable bonds is 3. The summed E-state index contributed by atoms with van der Waals surface area (Å²) in [6.07, 6.45) is 6.92. The van der Waals surface area contributed by atoms with Gasteiger partial charge in [0.25, 0.3) is 0 Å². The van der Waals surface area contributed by atoms with Gasteiger partial charge in [-0.25, -0.2) is 9.97 Å². The number of piperidine rings is 1. The molecule has 1 saturated heterocycles. The Morgan fingerprint density at radius 1 is 1.26 bits per heavy atom. The molecule has 2 aromatic rings. The van der Waals surface area contributed by atoms with E-state index in [4.69, 9.17) is 4.98 Å². The van der Waals surface area contributed by atoms with E-state index in [0.29, 0.717) is 6.04 Å².